The maximum absolute atomic E-state index is 5.71. The van der Waals surface area contributed by atoms with Crippen molar-refractivity contribution in [1.29, 1.82) is 0 Å². The Morgan fingerprint density at radius 2 is 0.512 bits per heavy atom. The van der Waals surface area contributed by atoms with Crippen molar-refractivity contribution in [3.8, 4) is 0 Å². The van der Waals surface area contributed by atoms with Crippen molar-refractivity contribution in [1.82, 2.24) is 31.9 Å². The fraction of sp³-hybridized carbons (Fsp3) is 1.00. The number of fused-ring (bicyclic) bond motifs is 20. The Morgan fingerprint density at radius 3 is 0.854 bits per heavy atom. The molecule has 0 aromatic carbocycles. The molecule has 8 nitrogen and oxygen atoms in total. The fourth-order valence-electron chi connectivity index (χ4n) is 11.7. The minimum Gasteiger partial charge on any atom is -0.632 e. The van der Waals surface area contributed by atoms with Crippen LogP contribution >= 0.6 is 0 Å². The van der Waals surface area contributed by atoms with E-state index in [9.17, 15) is 0 Å². The summed E-state index contributed by atoms with van der Waals surface area (Å²) in [4.78, 5) is 0. The van der Waals surface area contributed by atoms with E-state index in [2.05, 4.69) is 31.9 Å². The Hall–Kier alpha value is 0.186. The van der Waals surface area contributed by atoms with E-state index in [0.717, 1.165) is 11.8 Å². The quantitative estimate of drug-likeness (QED) is 0.247. The summed E-state index contributed by atoms with van der Waals surface area (Å²) in [6, 6.07) is 0. The van der Waals surface area contributed by atoms with E-state index in [1.54, 1.807) is 0 Å². The summed E-state index contributed by atoms with van der Waals surface area (Å²) < 4.78 is 0. The molecule has 4 saturated carbocycles. The van der Waals surface area contributed by atoms with E-state index in [-0.39, 0.29) is 41.4 Å². The van der Waals surface area contributed by atoms with Crippen LogP contribution < -0.4 is 31.9 Å². The van der Waals surface area contributed by atoms with Gasteiger partial charge >= 0.3 is 16.8 Å². The van der Waals surface area contributed by atoms with Gasteiger partial charge in [-0.15, -0.1) is 0 Å². The third-order valence-corrected chi connectivity index (χ3v) is 13.6. The predicted octanol–water partition coefficient (Wildman–Crippen LogP) is 4.17. The van der Waals surface area contributed by atoms with Gasteiger partial charge in [-0.05, 0) is 73.0 Å². The van der Waals surface area contributed by atoms with Gasteiger partial charge in [0.15, 0.2) is 0 Å². The Labute approximate surface area is 258 Å². The van der Waals surface area contributed by atoms with E-state index >= 15 is 0 Å². The number of rotatable bonds is 0. The van der Waals surface area contributed by atoms with Crippen molar-refractivity contribution in [2.45, 2.75) is 152 Å². The average molecular weight is 610 g/mol. The van der Waals surface area contributed by atoms with Crippen LogP contribution in [0.1, 0.15) is 103 Å². The second-order valence-corrected chi connectivity index (χ2v) is 15.4. The standard InChI is InChI=1S/C32H54N8.Co/c1-2-10-18-17(9-1)25-33-26(18)38-28-21-13-5-6-14-22(21)30(35-28)40-32-24-16-8-7-15-23(24)31(36-32)39-29-20-12-4-3-11-19(20)27(34-29)37-25;/h17-35,37,39-40H,1-16H2;/q-2;+2. The van der Waals surface area contributed by atoms with Crippen LogP contribution in [0.3, 0.4) is 0 Å². The molecule has 4 aliphatic carbocycles. The van der Waals surface area contributed by atoms with Crippen molar-refractivity contribution >= 4 is 0 Å². The normalized spacial score (nSPS) is 56.2. The topological polar surface area (TPSA) is 100 Å². The van der Waals surface area contributed by atoms with Crippen LogP contribution in [0.15, 0.2) is 0 Å². The van der Waals surface area contributed by atoms with Crippen LogP contribution in [-0.2, 0) is 16.8 Å². The molecule has 0 aromatic rings. The largest absolute Gasteiger partial charge is 2.00 e. The molecule has 5 aliphatic heterocycles. The molecule has 16 atom stereocenters. The third kappa shape index (κ3) is 5.01. The molecule has 0 amide bonds. The third-order valence-electron chi connectivity index (χ3n) is 13.6. The molecule has 5 saturated heterocycles. The Balaban J connectivity index is 0.00000256. The van der Waals surface area contributed by atoms with Gasteiger partial charge in [0.2, 0.25) is 0 Å². The van der Waals surface area contributed by atoms with Crippen molar-refractivity contribution in [2.24, 2.45) is 47.3 Å². The van der Waals surface area contributed by atoms with E-state index in [0.29, 0.717) is 60.2 Å². The molecule has 9 fully saturated rings. The van der Waals surface area contributed by atoms with Crippen LogP contribution in [0.25, 0.3) is 10.6 Å². The monoisotopic (exact) mass is 609 g/mol. The molecule has 5 heterocycles. The molecule has 0 aromatic heterocycles. The summed E-state index contributed by atoms with van der Waals surface area (Å²) >= 11 is 0. The number of hydrogen-bond acceptors (Lipinski definition) is 6. The first-order valence-electron chi connectivity index (χ1n) is 17.8. The van der Waals surface area contributed by atoms with E-state index in [1.165, 1.54) is 103 Å². The van der Waals surface area contributed by atoms with Gasteiger partial charge in [-0.1, -0.05) is 102 Å². The van der Waals surface area contributed by atoms with Gasteiger partial charge in [-0.25, -0.2) is 0 Å². The minimum absolute atomic E-state index is 0. The van der Waals surface area contributed by atoms with Gasteiger partial charge in [0.05, 0.1) is 24.7 Å². The zero-order chi connectivity index (χ0) is 26.2. The van der Waals surface area contributed by atoms with E-state index in [4.69, 9.17) is 10.6 Å². The molecule has 9 aliphatic rings. The summed E-state index contributed by atoms with van der Waals surface area (Å²) in [5, 5.41) is 36.3. The summed E-state index contributed by atoms with van der Waals surface area (Å²) in [6.07, 6.45) is 24.4. The van der Waals surface area contributed by atoms with Gasteiger partial charge in [0.25, 0.3) is 0 Å². The molecular weight excluding hydrogens is 555 g/mol. The summed E-state index contributed by atoms with van der Waals surface area (Å²) in [5.41, 5.74) is 0. The van der Waals surface area contributed by atoms with E-state index < -0.39 is 0 Å². The maximum Gasteiger partial charge on any atom is 2.00 e. The molecule has 231 valence electrons. The van der Waals surface area contributed by atoms with E-state index in [1.807, 2.05) is 0 Å². The van der Waals surface area contributed by atoms with Crippen LogP contribution in [0.5, 0.6) is 0 Å². The molecule has 0 spiro atoms. The van der Waals surface area contributed by atoms with Crippen LogP contribution in [0.4, 0.5) is 0 Å². The van der Waals surface area contributed by atoms with Crippen molar-refractivity contribution in [3.63, 3.8) is 0 Å². The average Bonchev–Trinajstić information content (AvgIpc) is 3.73. The van der Waals surface area contributed by atoms with Gasteiger partial charge in [0, 0.05) is 0 Å². The molecule has 1 radical (unpaired) electrons. The molecule has 9 rings (SSSR count). The summed E-state index contributed by atoms with van der Waals surface area (Å²) in [5.74, 6) is 5.57. The predicted molar refractivity (Wildman–Crippen MR) is 158 cm³/mol. The fourth-order valence-corrected chi connectivity index (χ4v) is 11.7. The van der Waals surface area contributed by atoms with Gasteiger partial charge in [-0.3, -0.25) is 10.6 Å². The maximum atomic E-state index is 5.71. The van der Waals surface area contributed by atoms with Crippen LogP contribution in [0, 0.1) is 47.3 Å². The van der Waals surface area contributed by atoms with Crippen molar-refractivity contribution < 1.29 is 16.8 Å². The molecule has 8 bridgehead atoms. The first kappa shape index (κ1) is 28.6. The number of nitrogens with one attached hydrogen (secondary N) is 6. The van der Waals surface area contributed by atoms with Crippen LogP contribution in [-0.4, -0.2) is 49.3 Å². The Bertz CT molecular complexity index is 716. The Kier molecular flexibility index (Phi) is 8.27. The number of hydrogen-bond donors (Lipinski definition) is 6. The first-order chi connectivity index (χ1) is 19.8. The zero-order valence-electron chi connectivity index (χ0n) is 24.8. The van der Waals surface area contributed by atoms with Crippen molar-refractivity contribution in [2.75, 3.05) is 0 Å². The summed E-state index contributed by atoms with van der Waals surface area (Å²) in [7, 11) is 0. The molecule has 6 N–H and O–H groups in total. The van der Waals surface area contributed by atoms with Crippen LogP contribution in [0.2, 0.25) is 0 Å². The second kappa shape index (κ2) is 11.8. The minimum atomic E-state index is 0. The first-order valence-corrected chi connectivity index (χ1v) is 17.8. The molecule has 41 heavy (non-hydrogen) atoms. The van der Waals surface area contributed by atoms with Gasteiger partial charge in [-0.2, -0.15) is 0 Å². The Morgan fingerprint density at radius 1 is 0.293 bits per heavy atom. The summed E-state index contributed by atoms with van der Waals surface area (Å²) in [6.45, 7) is 0. The molecule has 9 heteroatoms. The molecule has 16 unspecified atom stereocenters. The second-order valence-electron chi connectivity index (χ2n) is 15.4. The smallest absolute Gasteiger partial charge is 0.632 e. The van der Waals surface area contributed by atoms with Crippen molar-refractivity contribution in [3.05, 3.63) is 10.6 Å². The van der Waals surface area contributed by atoms with Gasteiger partial charge in [0.1, 0.15) is 0 Å². The SMILES string of the molecule is C1CCC2C3[N-]C(NC4NC([N-]C5NC(NC6NC(N3)C3CCCCC63)C3CCCCC53)C3CCCCC43)C2C1.[Co+2]. The van der Waals surface area contributed by atoms with Gasteiger partial charge < -0.3 is 31.9 Å². The zero-order valence-corrected chi connectivity index (χ0v) is 25.8. The molecular formula is C32H54CoN8. The number of nitrogens with zero attached hydrogens (tertiary/aromatic N) is 2.